The summed E-state index contributed by atoms with van der Waals surface area (Å²) in [5.74, 6) is -0.413. The van der Waals surface area contributed by atoms with E-state index < -0.39 is 42.0 Å². The Bertz CT molecular complexity index is 2530. The molecule has 5 heterocycles. The number of aromatic nitrogens is 4. The number of furan rings is 1. The maximum Gasteiger partial charge on any atom is 0.408 e. The van der Waals surface area contributed by atoms with Gasteiger partial charge in [0.15, 0.2) is 21.8 Å². The lowest BCUT2D eigenvalue weighted by Crippen LogP contribution is -2.45. The summed E-state index contributed by atoms with van der Waals surface area (Å²) in [6.45, 7) is 7.34. The number of piperazine rings is 1. The zero-order valence-electron chi connectivity index (χ0n) is 35.1. The number of hydrogen-bond acceptors (Lipinski definition) is 12. The van der Waals surface area contributed by atoms with Crippen LogP contribution in [0.1, 0.15) is 29.6 Å². The Kier molecular flexibility index (Phi) is 13.6. The van der Waals surface area contributed by atoms with Gasteiger partial charge in [-0.25, -0.2) is 14.8 Å². The summed E-state index contributed by atoms with van der Waals surface area (Å²) in [4.78, 5) is 28.6. The Morgan fingerprint density at radius 3 is 2.50 bits per heavy atom. The zero-order chi connectivity index (χ0) is 44.3. The smallest absolute Gasteiger partial charge is 0.408 e. The molecule has 0 saturated carbocycles. The molecular formula is C41H44B3ClF4N6O6S. The SMILES string of the molecule is BC(c1ccccc1OC(B)(B)c1ccnn1CC(F)(F)F)C(Oc1ncnc2sc(-c3ccc(F)o3)c(-c3ccc(OCCN4CCN(C)CC4)c(Cl)c3C)c12)C(=O)OCC. The van der Waals surface area contributed by atoms with Crippen molar-refractivity contribution in [3.05, 3.63) is 95.0 Å². The number of likely N-dealkylation sites (N-methyl/N-ethyl adjacent to an activating group) is 1. The summed E-state index contributed by atoms with van der Waals surface area (Å²) >= 11 is 8.26. The monoisotopic (exact) mass is 892 g/mol. The topological polar surface area (TPSA) is 117 Å². The van der Waals surface area contributed by atoms with E-state index in [9.17, 15) is 22.4 Å². The van der Waals surface area contributed by atoms with Gasteiger partial charge in [-0.3, -0.25) is 9.58 Å². The van der Waals surface area contributed by atoms with Crippen molar-refractivity contribution >= 4 is 62.7 Å². The zero-order valence-corrected chi connectivity index (χ0v) is 36.7. The van der Waals surface area contributed by atoms with Crippen LogP contribution < -0.4 is 14.2 Å². The molecular weight excluding hydrogens is 848 g/mol. The highest BCUT2D eigenvalue weighted by molar-refractivity contribution is 7.22. The number of ether oxygens (including phenoxy) is 4. The molecule has 2 aromatic carbocycles. The average molecular weight is 893 g/mol. The van der Waals surface area contributed by atoms with Gasteiger partial charge < -0.3 is 28.3 Å². The molecule has 21 heteroatoms. The van der Waals surface area contributed by atoms with Gasteiger partial charge in [-0.1, -0.05) is 35.9 Å². The van der Waals surface area contributed by atoms with Crippen LogP contribution in [-0.2, 0) is 21.5 Å². The lowest BCUT2D eigenvalue weighted by Gasteiger charge is -2.32. The van der Waals surface area contributed by atoms with E-state index in [0.717, 1.165) is 37.4 Å². The van der Waals surface area contributed by atoms with Crippen LogP contribution in [0.2, 0.25) is 5.02 Å². The largest absolute Gasteiger partial charge is 0.499 e. The van der Waals surface area contributed by atoms with E-state index in [4.69, 9.17) is 35.0 Å². The molecule has 0 amide bonds. The van der Waals surface area contributed by atoms with Crippen LogP contribution >= 0.6 is 22.9 Å². The van der Waals surface area contributed by atoms with Crippen LogP contribution in [0.25, 0.3) is 32.0 Å². The molecule has 62 heavy (non-hydrogen) atoms. The van der Waals surface area contributed by atoms with Crippen molar-refractivity contribution in [1.29, 1.82) is 0 Å². The number of thiophene rings is 1. The molecule has 4 aromatic heterocycles. The molecule has 2 unspecified atom stereocenters. The number of benzene rings is 2. The number of para-hydroxylation sites is 1. The van der Waals surface area contributed by atoms with Crippen molar-refractivity contribution in [2.75, 3.05) is 53.0 Å². The van der Waals surface area contributed by atoms with Crippen LogP contribution in [-0.4, -0.2) is 124 Å². The van der Waals surface area contributed by atoms with Gasteiger partial charge in [0, 0.05) is 56.4 Å². The number of fused-ring (bicyclic) bond motifs is 1. The van der Waals surface area contributed by atoms with Gasteiger partial charge in [0.2, 0.25) is 5.88 Å². The minimum Gasteiger partial charge on any atom is -0.499 e. The van der Waals surface area contributed by atoms with E-state index in [1.54, 1.807) is 60.8 Å². The number of rotatable bonds is 16. The molecule has 1 aliphatic heterocycles. The standard InChI is InChI=1S/C41H44B3ClF4N6O6S/c1-4-57-39(56)35(33(42)25-7-5-6-8-26(25)61-41(43,44)29-13-14-52-55(29)21-40(47,48)49)60-37-32-31(36(28-11-12-30(46)59-28)62-38(32)51-22-50-37)24-9-10-27(34(45)23(24)2)58-20-19-54-17-15-53(3)16-18-54/h5-14,22,33,35H,4,15-21,42-44H2,1-3H3. The third-order valence-electron chi connectivity index (χ3n) is 10.8. The minimum absolute atomic E-state index is 0.0299. The number of esters is 1. The molecule has 1 saturated heterocycles. The van der Waals surface area contributed by atoms with Gasteiger partial charge in [-0.2, -0.15) is 22.7 Å². The van der Waals surface area contributed by atoms with Crippen molar-refractivity contribution in [2.24, 2.45) is 0 Å². The molecule has 324 valence electrons. The number of alkyl halides is 3. The minimum atomic E-state index is -4.51. The number of carbonyl (C=O) groups excluding carboxylic acids is 1. The summed E-state index contributed by atoms with van der Waals surface area (Å²) in [5, 5.41) is 3.39. The van der Waals surface area contributed by atoms with Crippen molar-refractivity contribution in [3.63, 3.8) is 0 Å². The van der Waals surface area contributed by atoms with Crippen LogP contribution in [0.15, 0.2) is 71.5 Å². The summed E-state index contributed by atoms with van der Waals surface area (Å²) in [7, 11) is 7.13. The molecule has 1 fully saturated rings. The van der Waals surface area contributed by atoms with E-state index >= 15 is 0 Å². The molecule has 7 rings (SSSR count). The Hall–Kier alpha value is -5.04. The molecule has 1 aliphatic rings. The Labute approximate surface area is 367 Å². The van der Waals surface area contributed by atoms with Crippen molar-refractivity contribution in [2.45, 2.75) is 43.9 Å². The number of hydrogen-bond donors (Lipinski definition) is 0. The number of nitrogens with zero attached hydrogens (tertiary/aromatic N) is 6. The summed E-state index contributed by atoms with van der Waals surface area (Å²) in [6, 6.07) is 13.9. The van der Waals surface area contributed by atoms with Gasteiger partial charge in [0.05, 0.1) is 33.0 Å². The fourth-order valence-electron chi connectivity index (χ4n) is 7.54. The van der Waals surface area contributed by atoms with E-state index in [1.807, 2.05) is 13.0 Å². The highest BCUT2D eigenvalue weighted by Gasteiger charge is 2.37. The molecule has 2 atom stereocenters. The first-order valence-electron chi connectivity index (χ1n) is 20.1. The van der Waals surface area contributed by atoms with Gasteiger partial charge in [0.1, 0.15) is 49.4 Å². The number of carbonyl (C=O) groups is 1. The molecule has 6 aromatic rings. The fraction of sp³-hybridized carbons (Fsp3) is 0.366. The van der Waals surface area contributed by atoms with Gasteiger partial charge >= 0.3 is 12.1 Å². The third kappa shape index (κ3) is 9.93. The molecule has 0 radical (unpaired) electrons. The summed E-state index contributed by atoms with van der Waals surface area (Å²) in [6.07, 6.45) is -3.24. The van der Waals surface area contributed by atoms with E-state index in [1.165, 1.54) is 42.1 Å². The van der Waals surface area contributed by atoms with Crippen LogP contribution in [0.5, 0.6) is 17.4 Å². The molecule has 12 nitrogen and oxygen atoms in total. The third-order valence-corrected chi connectivity index (χ3v) is 12.4. The highest BCUT2D eigenvalue weighted by Crippen LogP contribution is 2.50. The Morgan fingerprint density at radius 1 is 1.03 bits per heavy atom. The second-order valence-electron chi connectivity index (χ2n) is 15.5. The van der Waals surface area contributed by atoms with Crippen LogP contribution in [0.4, 0.5) is 17.6 Å². The number of halogens is 5. The predicted octanol–water partition coefficient (Wildman–Crippen LogP) is 5.24. The normalized spacial score (nSPS) is 15.1. The van der Waals surface area contributed by atoms with Gasteiger partial charge in [0.25, 0.3) is 6.01 Å². The van der Waals surface area contributed by atoms with E-state index in [2.05, 4.69) is 31.9 Å². The summed E-state index contributed by atoms with van der Waals surface area (Å²) < 4.78 is 86.0. The first kappa shape index (κ1) is 45.0. The molecule has 0 aliphatic carbocycles. The molecule has 0 N–H and O–H groups in total. The van der Waals surface area contributed by atoms with Crippen molar-refractivity contribution in [3.8, 4) is 39.1 Å². The van der Waals surface area contributed by atoms with Gasteiger partial charge in [-0.05, 0) is 61.9 Å². The molecule has 0 spiro atoms. The Balaban J connectivity index is 1.25. The lowest BCUT2D eigenvalue weighted by molar-refractivity contribution is -0.151. The second-order valence-corrected chi connectivity index (χ2v) is 16.9. The fourth-order valence-corrected chi connectivity index (χ4v) is 8.87. The van der Waals surface area contributed by atoms with Crippen LogP contribution in [0.3, 0.4) is 0 Å². The first-order valence-corrected chi connectivity index (χ1v) is 21.3. The van der Waals surface area contributed by atoms with E-state index in [-0.39, 0.29) is 23.9 Å². The Morgan fingerprint density at radius 2 is 1.79 bits per heavy atom. The molecule has 0 bridgehead atoms. The van der Waals surface area contributed by atoms with Crippen LogP contribution in [0, 0.1) is 12.9 Å². The second kappa shape index (κ2) is 18.7. The highest BCUT2D eigenvalue weighted by atomic mass is 35.5. The quantitative estimate of drug-likeness (QED) is 0.0722. The maximum absolute atomic E-state index is 14.5. The summed E-state index contributed by atoms with van der Waals surface area (Å²) in [5.41, 5.74) is 2.54. The first-order chi connectivity index (χ1) is 29.5. The van der Waals surface area contributed by atoms with E-state index in [0.29, 0.717) is 60.5 Å². The van der Waals surface area contributed by atoms with Crippen molar-refractivity contribution in [1.82, 2.24) is 29.5 Å². The lowest BCUT2D eigenvalue weighted by atomic mass is 9.63. The van der Waals surface area contributed by atoms with Gasteiger partial charge in [-0.15, -0.1) is 11.3 Å². The maximum atomic E-state index is 14.5. The predicted molar refractivity (Wildman–Crippen MR) is 236 cm³/mol. The average Bonchev–Trinajstić information content (AvgIpc) is 3.98. The van der Waals surface area contributed by atoms with Crippen molar-refractivity contribution < 1.29 is 45.7 Å².